The number of nitrogens with one attached hydrogen (secondary N) is 1. The largest absolute Gasteiger partial charge is 0.354 e. The second-order valence-corrected chi connectivity index (χ2v) is 11.5. The van der Waals surface area contributed by atoms with Crippen LogP contribution < -0.4 is 9.62 Å². The maximum Gasteiger partial charge on any atom is 0.244 e. The lowest BCUT2D eigenvalue weighted by atomic mass is 10.1. The molecule has 0 saturated heterocycles. The molecule has 2 aromatic rings. The van der Waals surface area contributed by atoms with Crippen molar-refractivity contribution in [3.63, 3.8) is 0 Å². The second kappa shape index (κ2) is 12.8. The molecule has 186 valence electrons. The maximum atomic E-state index is 13.4. The molecular weight excluding hydrogens is 565 g/mol. The van der Waals surface area contributed by atoms with Crippen LogP contribution >= 0.6 is 39.1 Å². The van der Waals surface area contributed by atoms with Gasteiger partial charge < -0.3 is 10.2 Å². The average molecular weight is 593 g/mol. The molecule has 0 fully saturated rings. The first-order chi connectivity index (χ1) is 15.9. The van der Waals surface area contributed by atoms with Crippen molar-refractivity contribution < 1.29 is 18.0 Å². The highest BCUT2D eigenvalue weighted by atomic mass is 79.9. The van der Waals surface area contributed by atoms with Gasteiger partial charge >= 0.3 is 0 Å². The summed E-state index contributed by atoms with van der Waals surface area (Å²) >= 11 is 15.4. The lowest BCUT2D eigenvalue weighted by molar-refractivity contribution is -0.139. The van der Waals surface area contributed by atoms with Crippen molar-refractivity contribution in [1.29, 1.82) is 0 Å². The molecule has 1 atom stereocenters. The quantitative estimate of drug-likeness (QED) is 0.378. The van der Waals surface area contributed by atoms with E-state index < -0.39 is 28.5 Å². The van der Waals surface area contributed by atoms with Crippen LogP contribution in [0, 0.1) is 0 Å². The van der Waals surface area contributed by atoms with Crippen LogP contribution in [0.3, 0.4) is 0 Å². The van der Waals surface area contributed by atoms with Gasteiger partial charge in [0.15, 0.2) is 0 Å². The number of anilines is 1. The predicted octanol–water partition coefficient (Wildman–Crippen LogP) is 4.86. The highest BCUT2D eigenvalue weighted by Gasteiger charge is 2.30. The molecule has 2 aromatic carbocycles. The van der Waals surface area contributed by atoms with E-state index in [2.05, 4.69) is 21.2 Å². The monoisotopic (exact) mass is 591 g/mol. The van der Waals surface area contributed by atoms with Crippen LogP contribution in [0.2, 0.25) is 10.0 Å². The zero-order valence-electron chi connectivity index (χ0n) is 19.2. The minimum absolute atomic E-state index is 0.132. The normalized spacial score (nSPS) is 12.2. The molecule has 0 bridgehead atoms. The molecule has 0 aliphatic rings. The zero-order chi connectivity index (χ0) is 25.5. The van der Waals surface area contributed by atoms with Crippen molar-refractivity contribution in [3.05, 3.63) is 62.5 Å². The van der Waals surface area contributed by atoms with Gasteiger partial charge in [0, 0.05) is 17.6 Å². The molecule has 1 N–H and O–H groups in total. The summed E-state index contributed by atoms with van der Waals surface area (Å²) in [5.74, 6) is -0.836. The van der Waals surface area contributed by atoms with Gasteiger partial charge in [0.2, 0.25) is 21.8 Å². The van der Waals surface area contributed by atoms with Crippen molar-refractivity contribution in [3.8, 4) is 0 Å². The number of hydrogen-bond donors (Lipinski definition) is 1. The van der Waals surface area contributed by atoms with Gasteiger partial charge in [-0.25, -0.2) is 8.42 Å². The smallest absolute Gasteiger partial charge is 0.244 e. The number of benzene rings is 2. The van der Waals surface area contributed by atoms with E-state index in [1.165, 1.54) is 23.1 Å². The Morgan fingerprint density at radius 1 is 1.09 bits per heavy atom. The van der Waals surface area contributed by atoms with E-state index in [0.717, 1.165) is 33.4 Å². The van der Waals surface area contributed by atoms with Gasteiger partial charge in [-0.05, 0) is 49.2 Å². The second-order valence-electron chi connectivity index (χ2n) is 7.84. The van der Waals surface area contributed by atoms with Gasteiger partial charge in [-0.2, -0.15) is 0 Å². The van der Waals surface area contributed by atoms with Gasteiger partial charge in [0.1, 0.15) is 12.6 Å². The summed E-state index contributed by atoms with van der Waals surface area (Å²) in [6.07, 6.45) is 2.74. The summed E-state index contributed by atoms with van der Waals surface area (Å²) < 4.78 is 26.9. The molecule has 0 radical (unpaired) electrons. The Kier molecular flexibility index (Phi) is 10.7. The first kappa shape index (κ1) is 28.4. The van der Waals surface area contributed by atoms with Crippen LogP contribution in [-0.4, -0.2) is 50.5 Å². The Hall–Kier alpha value is -1.81. The fourth-order valence-corrected chi connectivity index (χ4v) is 4.56. The lowest BCUT2D eigenvalue weighted by Crippen LogP contribution is -2.51. The lowest BCUT2D eigenvalue weighted by Gasteiger charge is -2.31. The molecule has 0 spiro atoms. The Labute approximate surface area is 219 Å². The van der Waals surface area contributed by atoms with E-state index in [9.17, 15) is 18.0 Å². The minimum atomic E-state index is -3.84. The van der Waals surface area contributed by atoms with Crippen LogP contribution in [0.15, 0.2) is 46.9 Å². The Balaban J connectivity index is 2.35. The fourth-order valence-electron chi connectivity index (χ4n) is 3.16. The van der Waals surface area contributed by atoms with Crippen LogP contribution in [0.5, 0.6) is 0 Å². The molecule has 1 unspecified atom stereocenters. The van der Waals surface area contributed by atoms with Gasteiger partial charge in [-0.1, -0.05) is 64.6 Å². The standard InChI is InChI=1S/C23H28BrCl2N3O4S/c1-4-5-12-27-23(31)16(2)28(14-17-6-8-18(24)9-7-17)22(30)15-29(34(3,32)33)19-10-11-20(25)21(26)13-19/h6-11,13,16H,4-5,12,14-15H2,1-3H3,(H,27,31). The van der Waals surface area contributed by atoms with E-state index in [4.69, 9.17) is 23.2 Å². The maximum absolute atomic E-state index is 13.4. The first-order valence-electron chi connectivity index (χ1n) is 10.7. The number of carbonyl (C=O) groups excluding carboxylic acids is 2. The van der Waals surface area contributed by atoms with Crippen molar-refractivity contribution in [1.82, 2.24) is 10.2 Å². The molecule has 2 amide bonds. The number of amides is 2. The summed E-state index contributed by atoms with van der Waals surface area (Å²) in [5.41, 5.74) is 0.999. The minimum Gasteiger partial charge on any atom is -0.354 e. The van der Waals surface area contributed by atoms with Gasteiger partial charge in [0.25, 0.3) is 0 Å². The molecule has 2 rings (SSSR count). The van der Waals surface area contributed by atoms with Gasteiger partial charge in [0.05, 0.1) is 22.0 Å². The topological polar surface area (TPSA) is 86.8 Å². The van der Waals surface area contributed by atoms with E-state index >= 15 is 0 Å². The highest BCUT2D eigenvalue weighted by Crippen LogP contribution is 2.28. The van der Waals surface area contributed by atoms with Crippen molar-refractivity contribution in [2.45, 2.75) is 39.3 Å². The molecule has 7 nitrogen and oxygen atoms in total. The number of unbranched alkanes of at least 4 members (excludes halogenated alkanes) is 1. The van der Waals surface area contributed by atoms with Crippen LogP contribution in [0.4, 0.5) is 5.69 Å². The van der Waals surface area contributed by atoms with Gasteiger partial charge in [-0.15, -0.1) is 0 Å². The van der Waals surface area contributed by atoms with Gasteiger partial charge in [-0.3, -0.25) is 13.9 Å². The SMILES string of the molecule is CCCCNC(=O)C(C)N(Cc1ccc(Br)cc1)C(=O)CN(c1ccc(Cl)c(Cl)c1)S(C)(=O)=O. The summed E-state index contributed by atoms with van der Waals surface area (Å²) in [5, 5.41) is 3.26. The number of hydrogen-bond acceptors (Lipinski definition) is 4. The van der Waals surface area contributed by atoms with E-state index in [-0.39, 0.29) is 28.2 Å². The van der Waals surface area contributed by atoms with Crippen LogP contribution in [0.1, 0.15) is 32.3 Å². The third-order valence-corrected chi connectivity index (χ3v) is 7.54. The summed E-state index contributed by atoms with van der Waals surface area (Å²) in [7, 11) is -3.84. The van der Waals surface area contributed by atoms with E-state index in [0.29, 0.717) is 6.54 Å². The number of rotatable bonds is 11. The first-order valence-corrected chi connectivity index (χ1v) is 14.1. The van der Waals surface area contributed by atoms with Crippen LogP contribution in [0.25, 0.3) is 0 Å². The Morgan fingerprint density at radius 3 is 2.29 bits per heavy atom. The summed E-state index contributed by atoms with van der Waals surface area (Å²) in [4.78, 5) is 27.6. The molecule has 0 heterocycles. The Morgan fingerprint density at radius 2 is 1.74 bits per heavy atom. The van der Waals surface area contributed by atoms with E-state index in [1.807, 2.05) is 31.2 Å². The number of nitrogens with zero attached hydrogens (tertiary/aromatic N) is 2. The molecule has 34 heavy (non-hydrogen) atoms. The Bertz CT molecular complexity index is 1110. The molecule has 0 saturated carbocycles. The van der Waals surface area contributed by atoms with E-state index in [1.54, 1.807) is 6.92 Å². The number of halogens is 3. The predicted molar refractivity (Wildman–Crippen MR) is 141 cm³/mol. The fraction of sp³-hybridized carbons (Fsp3) is 0.391. The molecule has 0 aliphatic heterocycles. The number of sulfonamides is 1. The third kappa shape index (κ3) is 8.15. The molecular formula is C23H28BrCl2N3O4S. The summed E-state index contributed by atoms with van der Waals surface area (Å²) in [6, 6.07) is 10.8. The third-order valence-electron chi connectivity index (χ3n) is 5.13. The van der Waals surface area contributed by atoms with Crippen LogP contribution in [-0.2, 0) is 26.2 Å². The van der Waals surface area contributed by atoms with Crippen molar-refractivity contribution in [2.75, 3.05) is 23.7 Å². The molecule has 11 heteroatoms. The summed E-state index contributed by atoms with van der Waals surface area (Å²) in [6.45, 7) is 3.77. The van der Waals surface area contributed by atoms with Crippen molar-refractivity contribution >= 4 is 66.7 Å². The molecule has 0 aliphatic carbocycles. The van der Waals surface area contributed by atoms with Crippen molar-refractivity contribution in [2.24, 2.45) is 0 Å². The molecule has 0 aromatic heterocycles. The average Bonchev–Trinajstić information content (AvgIpc) is 2.77. The highest BCUT2D eigenvalue weighted by molar-refractivity contribution is 9.10. The zero-order valence-corrected chi connectivity index (χ0v) is 23.1. The number of carbonyl (C=O) groups is 2.